The Morgan fingerprint density at radius 2 is 2.43 bits per heavy atom. The SMILES string of the molecule is CC(CN)C(=O)Nc1ccc(Br)cn1. The van der Waals surface area contributed by atoms with Gasteiger partial charge in [0.05, 0.1) is 0 Å². The molecule has 1 rings (SSSR count). The molecule has 14 heavy (non-hydrogen) atoms. The van der Waals surface area contributed by atoms with Gasteiger partial charge in [0.1, 0.15) is 5.82 Å². The van der Waals surface area contributed by atoms with Crippen molar-refractivity contribution in [3.8, 4) is 0 Å². The van der Waals surface area contributed by atoms with E-state index in [1.807, 2.05) is 6.07 Å². The third-order valence-electron chi connectivity index (χ3n) is 1.78. The molecule has 1 aromatic heterocycles. The molecule has 0 bridgehead atoms. The number of carbonyl (C=O) groups excluding carboxylic acids is 1. The number of nitrogens with one attached hydrogen (secondary N) is 1. The number of carbonyl (C=O) groups is 1. The van der Waals surface area contributed by atoms with Crippen LogP contribution in [-0.2, 0) is 4.79 Å². The van der Waals surface area contributed by atoms with E-state index < -0.39 is 0 Å². The summed E-state index contributed by atoms with van der Waals surface area (Å²) in [4.78, 5) is 15.4. The normalized spacial score (nSPS) is 12.2. The zero-order chi connectivity index (χ0) is 10.6. The summed E-state index contributed by atoms with van der Waals surface area (Å²) in [6, 6.07) is 3.54. The molecule has 0 aromatic carbocycles. The monoisotopic (exact) mass is 257 g/mol. The Balaban J connectivity index is 2.60. The van der Waals surface area contributed by atoms with E-state index in [1.165, 1.54) is 0 Å². The van der Waals surface area contributed by atoms with Gasteiger partial charge in [-0.25, -0.2) is 4.98 Å². The maximum absolute atomic E-state index is 11.4. The number of aromatic nitrogens is 1. The highest BCUT2D eigenvalue weighted by Crippen LogP contribution is 2.11. The highest BCUT2D eigenvalue weighted by molar-refractivity contribution is 9.10. The van der Waals surface area contributed by atoms with Crippen molar-refractivity contribution in [2.75, 3.05) is 11.9 Å². The van der Waals surface area contributed by atoms with Gasteiger partial charge in [-0.15, -0.1) is 0 Å². The molecule has 0 saturated carbocycles. The number of amides is 1. The largest absolute Gasteiger partial charge is 0.330 e. The predicted molar refractivity (Wildman–Crippen MR) is 58.8 cm³/mol. The van der Waals surface area contributed by atoms with E-state index in [9.17, 15) is 4.79 Å². The lowest BCUT2D eigenvalue weighted by atomic mass is 10.2. The lowest BCUT2D eigenvalue weighted by Gasteiger charge is -2.08. The molecular weight excluding hydrogens is 246 g/mol. The van der Waals surface area contributed by atoms with Crippen molar-refractivity contribution in [2.45, 2.75) is 6.92 Å². The highest BCUT2D eigenvalue weighted by Gasteiger charge is 2.10. The van der Waals surface area contributed by atoms with Crippen LogP contribution in [0, 0.1) is 5.92 Å². The van der Waals surface area contributed by atoms with E-state index in [1.54, 1.807) is 19.2 Å². The van der Waals surface area contributed by atoms with Crippen LogP contribution < -0.4 is 11.1 Å². The fourth-order valence-corrected chi connectivity index (χ4v) is 1.04. The van der Waals surface area contributed by atoms with Gasteiger partial charge in [0.2, 0.25) is 5.91 Å². The summed E-state index contributed by atoms with van der Waals surface area (Å²) in [6.07, 6.45) is 1.63. The number of halogens is 1. The van der Waals surface area contributed by atoms with Crippen LogP contribution in [0.15, 0.2) is 22.8 Å². The van der Waals surface area contributed by atoms with Crippen LogP contribution in [0.2, 0.25) is 0 Å². The smallest absolute Gasteiger partial charge is 0.229 e. The van der Waals surface area contributed by atoms with Crippen LogP contribution in [0.5, 0.6) is 0 Å². The molecule has 0 aliphatic rings. The van der Waals surface area contributed by atoms with Crippen LogP contribution in [0.25, 0.3) is 0 Å². The van der Waals surface area contributed by atoms with Gasteiger partial charge in [0.15, 0.2) is 0 Å². The number of nitrogens with two attached hydrogens (primary N) is 1. The third kappa shape index (κ3) is 3.08. The molecule has 4 nitrogen and oxygen atoms in total. The number of anilines is 1. The second-order valence-electron chi connectivity index (χ2n) is 2.99. The first-order chi connectivity index (χ1) is 6.63. The lowest BCUT2D eigenvalue weighted by molar-refractivity contribution is -0.119. The van der Waals surface area contributed by atoms with E-state index in [-0.39, 0.29) is 11.8 Å². The second-order valence-corrected chi connectivity index (χ2v) is 3.90. The Hall–Kier alpha value is -0.940. The fourth-order valence-electron chi connectivity index (χ4n) is 0.806. The summed E-state index contributed by atoms with van der Waals surface area (Å²) in [5, 5.41) is 2.67. The summed E-state index contributed by atoms with van der Waals surface area (Å²) < 4.78 is 0.877. The Morgan fingerprint density at radius 1 is 1.71 bits per heavy atom. The van der Waals surface area contributed by atoms with E-state index in [0.717, 1.165) is 4.47 Å². The molecule has 0 spiro atoms. The maximum Gasteiger partial charge on any atom is 0.229 e. The zero-order valence-corrected chi connectivity index (χ0v) is 9.41. The highest BCUT2D eigenvalue weighted by atomic mass is 79.9. The standard InChI is InChI=1S/C9H12BrN3O/c1-6(4-11)9(14)13-8-3-2-7(10)5-12-8/h2-3,5-6H,4,11H2,1H3,(H,12,13,14). The first kappa shape index (κ1) is 11.1. The molecule has 1 atom stereocenters. The van der Waals surface area contributed by atoms with Gasteiger partial charge in [-0.1, -0.05) is 6.92 Å². The van der Waals surface area contributed by atoms with Crippen molar-refractivity contribution >= 4 is 27.7 Å². The predicted octanol–water partition coefficient (Wildman–Crippen LogP) is 1.38. The van der Waals surface area contributed by atoms with Gasteiger partial charge >= 0.3 is 0 Å². The fraction of sp³-hybridized carbons (Fsp3) is 0.333. The van der Waals surface area contributed by atoms with E-state index in [0.29, 0.717) is 12.4 Å². The average Bonchev–Trinajstić information content (AvgIpc) is 2.20. The van der Waals surface area contributed by atoms with Gasteiger partial charge in [-0.05, 0) is 28.1 Å². The first-order valence-corrected chi connectivity index (χ1v) is 5.05. The van der Waals surface area contributed by atoms with E-state index in [2.05, 4.69) is 26.2 Å². The molecule has 1 unspecified atom stereocenters. The molecule has 1 aromatic rings. The minimum atomic E-state index is -0.194. The van der Waals surface area contributed by atoms with Gasteiger partial charge in [0, 0.05) is 23.1 Å². The molecule has 76 valence electrons. The minimum Gasteiger partial charge on any atom is -0.330 e. The van der Waals surface area contributed by atoms with Crippen LogP contribution in [-0.4, -0.2) is 17.4 Å². The molecule has 0 aliphatic carbocycles. The van der Waals surface area contributed by atoms with Gasteiger partial charge in [-0.3, -0.25) is 4.79 Å². The molecular formula is C9H12BrN3O. The molecule has 1 amide bonds. The number of rotatable bonds is 3. The van der Waals surface area contributed by atoms with Crippen molar-refractivity contribution in [2.24, 2.45) is 11.7 Å². The van der Waals surface area contributed by atoms with Crippen LogP contribution in [0.3, 0.4) is 0 Å². The minimum absolute atomic E-state index is 0.109. The lowest BCUT2D eigenvalue weighted by Crippen LogP contribution is -2.26. The molecule has 0 saturated heterocycles. The van der Waals surface area contributed by atoms with Crippen molar-refractivity contribution in [1.82, 2.24) is 4.98 Å². The molecule has 3 N–H and O–H groups in total. The van der Waals surface area contributed by atoms with Crippen LogP contribution in [0.4, 0.5) is 5.82 Å². The Bertz CT molecular complexity index is 312. The quantitative estimate of drug-likeness (QED) is 0.860. The van der Waals surface area contributed by atoms with E-state index in [4.69, 9.17) is 5.73 Å². The number of hydrogen-bond acceptors (Lipinski definition) is 3. The molecule has 1 heterocycles. The molecule has 0 radical (unpaired) electrons. The van der Waals surface area contributed by atoms with Crippen LogP contribution >= 0.6 is 15.9 Å². The summed E-state index contributed by atoms with van der Waals surface area (Å²) >= 11 is 3.26. The Kier molecular flexibility index (Phi) is 4.03. The van der Waals surface area contributed by atoms with Crippen molar-refractivity contribution in [3.05, 3.63) is 22.8 Å². The number of hydrogen-bond donors (Lipinski definition) is 2. The zero-order valence-electron chi connectivity index (χ0n) is 7.83. The van der Waals surface area contributed by atoms with Crippen molar-refractivity contribution < 1.29 is 4.79 Å². The molecule has 0 aliphatic heterocycles. The first-order valence-electron chi connectivity index (χ1n) is 4.26. The van der Waals surface area contributed by atoms with E-state index >= 15 is 0 Å². The van der Waals surface area contributed by atoms with Crippen molar-refractivity contribution in [1.29, 1.82) is 0 Å². The van der Waals surface area contributed by atoms with Crippen molar-refractivity contribution in [3.63, 3.8) is 0 Å². The Labute approximate surface area is 91.0 Å². The summed E-state index contributed by atoms with van der Waals surface area (Å²) in [6.45, 7) is 2.11. The molecule has 0 fully saturated rings. The van der Waals surface area contributed by atoms with Gasteiger partial charge < -0.3 is 11.1 Å². The third-order valence-corrected chi connectivity index (χ3v) is 2.25. The summed E-state index contributed by atoms with van der Waals surface area (Å²) in [7, 11) is 0. The number of nitrogens with zero attached hydrogens (tertiary/aromatic N) is 1. The molecule has 5 heteroatoms. The second kappa shape index (κ2) is 5.07. The summed E-state index contributed by atoms with van der Waals surface area (Å²) in [5.41, 5.74) is 5.36. The number of pyridine rings is 1. The van der Waals surface area contributed by atoms with Crippen LogP contribution in [0.1, 0.15) is 6.92 Å². The van der Waals surface area contributed by atoms with Gasteiger partial charge in [0.25, 0.3) is 0 Å². The topological polar surface area (TPSA) is 68.0 Å². The maximum atomic E-state index is 11.4. The average molecular weight is 258 g/mol. The Morgan fingerprint density at radius 3 is 2.93 bits per heavy atom. The summed E-state index contributed by atoms with van der Waals surface area (Å²) in [5.74, 6) is 0.237. The van der Waals surface area contributed by atoms with Gasteiger partial charge in [-0.2, -0.15) is 0 Å².